The average Bonchev–Trinajstić information content (AvgIpc) is 3.27. The average molecular weight is 454 g/mol. The largest absolute Gasteiger partial charge is 0.493 e. The molecule has 166 valence electrons. The summed E-state index contributed by atoms with van der Waals surface area (Å²) in [6.45, 7) is 3.36. The predicted molar refractivity (Wildman–Crippen MR) is 125 cm³/mol. The van der Waals surface area contributed by atoms with Crippen LogP contribution < -0.4 is 14.2 Å². The lowest BCUT2D eigenvalue weighted by molar-refractivity contribution is 0.173. The van der Waals surface area contributed by atoms with Gasteiger partial charge >= 0.3 is 0 Å². The number of rotatable bonds is 6. The van der Waals surface area contributed by atoms with E-state index in [1.807, 2.05) is 36.4 Å². The highest BCUT2D eigenvalue weighted by Crippen LogP contribution is 2.36. The van der Waals surface area contributed by atoms with E-state index in [9.17, 15) is 4.39 Å². The van der Waals surface area contributed by atoms with E-state index in [-0.39, 0.29) is 30.9 Å². The molecular formula is C26H25ClFNO3. The molecule has 3 aromatic rings. The molecule has 0 aliphatic carbocycles. The number of halogens is 2. The molecule has 0 amide bonds. The highest BCUT2D eigenvalue weighted by molar-refractivity contribution is 5.85. The van der Waals surface area contributed by atoms with Crippen molar-refractivity contribution in [3.05, 3.63) is 95.8 Å². The molecule has 0 fully saturated rings. The summed E-state index contributed by atoms with van der Waals surface area (Å²) in [7, 11) is 0. The molecule has 0 saturated heterocycles. The first-order valence-corrected chi connectivity index (χ1v) is 10.5. The molecule has 0 bridgehead atoms. The van der Waals surface area contributed by atoms with Gasteiger partial charge in [0.2, 0.25) is 6.79 Å². The third kappa shape index (κ3) is 5.06. The highest BCUT2D eigenvalue weighted by atomic mass is 35.5. The van der Waals surface area contributed by atoms with Crippen LogP contribution >= 0.6 is 12.4 Å². The predicted octanol–water partition coefficient (Wildman–Crippen LogP) is 5.57. The maximum Gasteiger partial charge on any atom is 0.231 e. The molecule has 0 spiro atoms. The molecule has 1 atom stereocenters. The maximum atomic E-state index is 13.5. The lowest BCUT2D eigenvalue weighted by Crippen LogP contribution is -2.36. The number of fused-ring (bicyclic) bond motifs is 1. The summed E-state index contributed by atoms with van der Waals surface area (Å²) in [5.74, 6) is 2.14. The van der Waals surface area contributed by atoms with Gasteiger partial charge in [0.1, 0.15) is 11.6 Å². The molecule has 2 aliphatic heterocycles. The Hall–Kier alpha value is -3.02. The van der Waals surface area contributed by atoms with Crippen molar-refractivity contribution in [2.45, 2.75) is 6.54 Å². The van der Waals surface area contributed by atoms with Crippen molar-refractivity contribution in [2.75, 3.05) is 26.5 Å². The summed E-state index contributed by atoms with van der Waals surface area (Å²) in [5.41, 5.74) is 3.53. The van der Waals surface area contributed by atoms with Gasteiger partial charge in [0.05, 0.1) is 6.61 Å². The van der Waals surface area contributed by atoms with Crippen LogP contribution in [-0.2, 0) is 6.54 Å². The number of hydrogen-bond donors (Lipinski definition) is 0. The molecule has 0 N–H and O–H groups in total. The topological polar surface area (TPSA) is 30.9 Å². The number of hydrogen-bond acceptors (Lipinski definition) is 4. The third-order valence-electron chi connectivity index (χ3n) is 5.71. The van der Waals surface area contributed by atoms with Crippen molar-refractivity contribution in [2.24, 2.45) is 5.92 Å². The summed E-state index contributed by atoms with van der Waals surface area (Å²) in [6, 6.07) is 22.8. The summed E-state index contributed by atoms with van der Waals surface area (Å²) in [5, 5.41) is 0. The minimum absolute atomic E-state index is 0. The summed E-state index contributed by atoms with van der Waals surface area (Å²) < 4.78 is 30.5. The Labute approximate surface area is 193 Å². The third-order valence-corrected chi connectivity index (χ3v) is 5.71. The van der Waals surface area contributed by atoms with Gasteiger partial charge in [0.15, 0.2) is 11.5 Å². The molecule has 5 rings (SSSR count). The summed E-state index contributed by atoms with van der Waals surface area (Å²) in [4.78, 5) is 2.41. The molecular weight excluding hydrogens is 429 g/mol. The van der Waals surface area contributed by atoms with Crippen molar-refractivity contribution in [1.29, 1.82) is 0 Å². The van der Waals surface area contributed by atoms with Crippen LogP contribution in [0.3, 0.4) is 0 Å². The normalized spacial score (nSPS) is 17.4. The van der Waals surface area contributed by atoms with E-state index in [1.165, 1.54) is 23.3 Å². The second-order valence-corrected chi connectivity index (χ2v) is 7.87. The SMILES string of the molecule is Cl.Fc1ccc(C2=CCN(Cc3ccccc3)CC2COc2ccc3c(c2)OCO3)cc1. The molecule has 1 unspecified atom stereocenters. The molecule has 2 heterocycles. The van der Waals surface area contributed by atoms with E-state index in [0.29, 0.717) is 12.4 Å². The van der Waals surface area contributed by atoms with Crippen molar-refractivity contribution < 1.29 is 18.6 Å². The molecule has 0 aromatic heterocycles. The van der Waals surface area contributed by atoms with E-state index >= 15 is 0 Å². The smallest absolute Gasteiger partial charge is 0.231 e. The first-order chi connectivity index (χ1) is 15.2. The number of benzene rings is 3. The van der Waals surface area contributed by atoms with Crippen molar-refractivity contribution >= 4 is 18.0 Å². The Kier molecular flexibility index (Phi) is 6.98. The van der Waals surface area contributed by atoms with Gasteiger partial charge in [0, 0.05) is 31.6 Å². The standard InChI is InChI=1S/C26H24FNO3.ClH/c27-22-8-6-20(7-9-22)24-12-13-28(15-19-4-2-1-3-5-19)16-21(24)17-29-23-10-11-25-26(14-23)31-18-30-25;/h1-12,14,21H,13,15-18H2;1H. The molecule has 2 aliphatic rings. The highest BCUT2D eigenvalue weighted by Gasteiger charge is 2.25. The molecule has 4 nitrogen and oxygen atoms in total. The fourth-order valence-electron chi connectivity index (χ4n) is 4.15. The Morgan fingerprint density at radius 2 is 1.72 bits per heavy atom. The first-order valence-electron chi connectivity index (χ1n) is 10.5. The van der Waals surface area contributed by atoms with Crippen LogP contribution in [0.5, 0.6) is 17.2 Å². The van der Waals surface area contributed by atoms with E-state index in [0.717, 1.165) is 36.7 Å². The lowest BCUT2D eigenvalue weighted by atomic mass is 9.89. The number of ether oxygens (including phenoxy) is 3. The Morgan fingerprint density at radius 1 is 0.938 bits per heavy atom. The van der Waals surface area contributed by atoms with Crippen molar-refractivity contribution in [1.82, 2.24) is 4.90 Å². The Morgan fingerprint density at radius 3 is 2.53 bits per heavy atom. The first kappa shape index (κ1) is 22.2. The zero-order valence-electron chi connectivity index (χ0n) is 17.6. The second-order valence-electron chi connectivity index (χ2n) is 7.87. The summed E-state index contributed by atoms with van der Waals surface area (Å²) in [6.07, 6.45) is 2.24. The van der Waals surface area contributed by atoms with Gasteiger partial charge in [-0.2, -0.15) is 0 Å². The van der Waals surface area contributed by atoms with E-state index < -0.39 is 0 Å². The Balaban J connectivity index is 0.00000245. The van der Waals surface area contributed by atoms with Crippen LogP contribution in [0.4, 0.5) is 4.39 Å². The van der Waals surface area contributed by atoms with E-state index in [1.54, 1.807) is 0 Å². The van der Waals surface area contributed by atoms with Crippen LogP contribution in [-0.4, -0.2) is 31.4 Å². The molecule has 6 heteroatoms. The van der Waals surface area contributed by atoms with Gasteiger partial charge in [-0.1, -0.05) is 48.5 Å². The van der Waals surface area contributed by atoms with Crippen LogP contribution in [0.1, 0.15) is 11.1 Å². The lowest BCUT2D eigenvalue weighted by Gasteiger charge is -2.33. The van der Waals surface area contributed by atoms with Crippen LogP contribution in [0, 0.1) is 11.7 Å². The van der Waals surface area contributed by atoms with Crippen LogP contribution in [0.2, 0.25) is 0 Å². The molecule has 0 saturated carbocycles. The van der Waals surface area contributed by atoms with Crippen LogP contribution in [0.25, 0.3) is 5.57 Å². The van der Waals surface area contributed by atoms with E-state index in [2.05, 4.69) is 35.2 Å². The van der Waals surface area contributed by atoms with Gasteiger partial charge in [-0.25, -0.2) is 4.39 Å². The minimum atomic E-state index is -0.223. The van der Waals surface area contributed by atoms with Gasteiger partial charge in [0.25, 0.3) is 0 Å². The van der Waals surface area contributed by atoms with Crippen molar-refractivity contribution in [3.8, 4) is 17.2 Å². The minimum Gasteiger partial charge on any atom is -0.493 e. The summed E-state index contributed by atoms with van der Waals surface area (Å²) >= 11 is 0. The van der Waals surface area contributed by atoms with Crippen molar-refractivity contribution in [3.63, 3.8) is 0 Å². The van der Waals surface area contributed by atoms with Gasteiger partial charge in [-0.05, 0) is 41.0 Å². The monoisotopic (exact) mass is 453 g/mol. The van der Waals surface area contributed by atoms with Crippen LogP contribution in [0.15, 0.2) is 78.9 Å². The molecule has 3 aromatic carbocycles. The second kappa shape index (κ2) is 10.1. The molecule has 32 heavy (non-hydrogen) atoms. The molecule has 0 radical (unpaired) electrons. The Bertz CT molecular complexity index is 1070. The quantitative estimate of drug-likeness (QED) is 0.488. The van der Waals surface area contributed by atoms with E-state index in [4.69, 9.17) is 14.2 Å². The number of nitrogens with zero attached hydrogens (tertiary/aromatic N) is 1. The fourth-order valence-corrected chi connectivity index (χ4v) is 4.15. The van der Waals surface area contributed by atoms with Gasteiger partial charge in [-0.15, -0.1) is 12.4 Å². The van der Waals surface area contributed by atoms with Gasteiger partial charge < -0.3 is 14.2 Å². The maximum absolute atomic E-state index is 13.5. The zero-order chi connectivity index (χ0) is 21.0. The fraction of sp³-hybridized carbons (Fsp3) is 0.231. The van der Waals surface area contributed by atoms with Gasteiger partial charge in [-0.3, -0.25) is 4.90 Å². The zero-order valence-corrected chi connectivity index (χ0v) is 18.4.